The van der Waals surface area contributed by atoms with Gasteiger partial charge in [-0.2, -0.15) is 0 Å². The largest absolute Gasteiger partial charge is 0.380 e. The van der Waals surface area contributed by atoms with Crippen LogP contribution in [0.15, 0.2) is 84.9 Å². The Labute approximate surface area is 179 Å². The molecule has 0 unspecified atom stereocenters. The highest BCUT2D eigenvalue weighted by molar-refractivity contribution is 5.43. The van der Waals surface area contributed by atoms with Crippen molar-refractivity contribution in [2.45, 2.75) is 24.9 Å². The molecule has 3 heteroatoms. The lowest BCUT2D eigenvalue weighted by atomic mass is 9.72. The SMILES string of the molecule is CCc1ccc([C@@](O)(c2ccccc2)[C@@H](CN2CCOCC2)c2ccccc2)cc1. The Hall–Kier alpha value is -2.46. The predicted molar refractivity (Wildman–Crippen MR) is 122 cm³/mol. The number of benzene rings is 3. The van der Waals surface area contributed by atoms with Gasteiger partial charge in [-0.15, -0.1) is 0 Å². The molecule has 3 nitrogen and oxygen atoms in total. The van der Waals surface area contributed by atoms with Crippen LogP contribution in [0, 0.1) is 0 Å². The zero-order valence-electron chi connectivity index (χ0n) is 17.7. The number of ether oxygens (including phenoxy) is 1. The summed E-state index contributed by atoms with van der Waals surface area (Å²) in [4.78, 5) is 2.41. The summed E-state index contributed by atoms with van der Waals surface area (Å²) in [6.45, 7) is 6.21. The molecule has 0 bridgehead atoms. The summed E-state index contributed by atoms with van der Waals surface area (Å²) in [6.07, 6.45) is 0.986. The Morgan fingerprint density at radius 3 is 2.00 bits per heavy atom. The maximum atomic E-state index is 12.5. The van der Waals surface area contributed by atoms with Crippen LogP contribution in [0.5, 0.6) is 0 Å². The van der Waals surface area contributed by atoms with E-state index in [4.69, 9.17) is 4.74 Å². The molecule has 1 heterocycles. The van der Waals surface area contributed by atoms with Crippen molar-refractivity contribution in [3.8, 4) is 0 Å². The first-order valence-corrected chi connectivity index (χ1v) is 10.9. The standard InChI is InChI=1S/C27H31NO2/c1-2-22-13-15-25(16-14-22)27(29,24-11-7-4-8-12-24)26(23-9-5-3-6-10-23)21-28-17-19-30-20-18-28/h3-16,26,29H,2,17-21H2,1H3/t26-,27-/m0/s1. The van der Waals surface area contributed by atoms with Gasteiger partial charge < -0.3 is 9.84 Å². The van der Waals surface area contributed by atoms with Crippen molar-refractivity contribution in [1.29, 1.82) is 0 Å². The number of rotatable bonds is 7. The lowest BCUT2D eigenvalue weighted by molar-refractivity contribution is 0.000763. The van der Waals surface area contributed by atoms with Gasteiger partial charge in [-0.25, -0.2) is 0 Å². The normalized spacial score (nSPS) is 17.9. The third-order valence-corrected chi connectivity index (χ3v) is 6.27. The van der Waals surface area contributed by atoms with E-state index in [2.05, 4.69) is 60.4 Å². The Morgan fingerprint density at radius 1 is 0.833 bits per heavy atom. The number of hydrogen-bond acceptors (Lipinski definition) is 3. The van der Waals surface area contributed by atoms with Crippen molar-refractivity contribution >= 4 is 0 Å². The Balaban J connectivity index is 1.83. The molecule has 1 aliphatic rings. The minimum atomic E-state index is -1.13. The number of hydrogen-bond donors (Lipinski definition) is 1. The molecule has 0 aromatic heterocycles. The molecule has 0 radical (unpaired) electrons. The van der Waals surface area contributed by atoms with E-state index in [9.17, 15) is 5.11 Å². The maximum Gasteiger partial charge on any atom is 0.123 e. The summed E-state index contributed by atoms with van der Waals surface area (Å²) in [5.74, 6) is -0.105. The first-order valence-electron chi connectivity index (χ1n) is 10.9. The maximum absolute atomic E-state index is 12.5. The summed E-state index contributed by atoms with van der Waals surface area (Å²) in [7, 11) is 0. The Kier molecular flexibility index (Phi) is 6.63. The van der Waals surface area contributed by atoms with E-state index in [0.717, 1.165) is 56.0 Å². The molecule has 0 spiro atoms. The summed E-state index contributed by atoms with van der Waals surface area (Å²) in [5, 5.41) is 12.5. The monoisotopic (exact) mass is 401 g/mol. The predicted octanol–water partition coefficient (Wildman–Crippen LogP) is 4.60. The summed E-state index contributed by atoms with van der Waals surface area (Å²) in [5.41, 5.74) is 3.16. The zero-order chi connectivity index (χ0) is 20.8. The number of aliphatic hydroxyl groups is 1. The molecular weight excluding hydrogens is 370 g/mol. The summed E-state index contributed by atoms with van der Waals surface area (Å²) in [6, 6.07) is 29.0. The van der Waals surface area contributed by atoms with Crippen molar-refractivity contribution in [1.82, 2.24) is 4.90 Å². The molecule has 4 rings (SSSR count). The van der Waals surface area contributed by atoms with E-state index in [1.807, 2.05) is 36.4 Å². The number of aryl methyl sites for hydroxylation is 1. The van der Waals surface area contributed by atoms with Crippen molar-refractivity contribution in [3.05, 3.63) is 107 Å². The summed E-state index contributed by atoms with van der Waals surface area (Å²) >= 11 is 0. The van der Waals surface area contributed by atoms with Crippen LogP contribution in [0.2, 0.25) is 0 Å². The van der Waals surface area contributed by atoms with Gasteiger partial charge in [0.05, 0.1) is 13.2 Å². The van der Waals surface area contributed by atoms with Crippen molar-refractivity contribution in [2.24, 2.45) is 0 Å². The van der Waals surface area contributed by atoms with E-state index in [-0.39, 0.29) is 5.92 Å². The second-order valence-corrected chi connectivity index (χ2v) is 8.06. The van der Waals surface area contributed by atoms with Gasteiger partial charge in [-0.1, -0.05) is 91.9 Å². The third kappa shape index (κ3) is 4.34. The zero-order valence-corrected chi connectivity index (χ0v) is 17.7. The van der Waals surface area contributed by atoms with Gasteiger partial charge >= 0.3 is 0 Å². The minimum absolute atomic E-state index is 0.105. The van der Waals surface area contributed by atoms with Gasteiger partial charge in [0.2, 0.25) is 0 Å². The lowest BCUT2D eigenvalue weighted by Crippen LogP contribution is -2.45. The lowest BCUT2D eigenvalue weighted by Gasteiger charge is -2.41. The highest BCUT2D eigenvalue weighted by Gasteiger charge is 2.42. The van der Waals surface area contributed by atoms with Crippen LogP contribution >= 0.6 is 0 Å². The second kappa shape index (κ2) is 9.57. The fourth-order valence-corrected chi connectivity index (χ4v) is 4.46. The summed E-state index contributed by atoms with van der Waals surface area (Å²) < 4.78 is 5.56. The molecule has 1 aliphatic heterocycles. The molecule has 30 heavy (non-hydrogen) atoms. The van der Waals surface area contributed by atoms with Crippen molar-refractivity contribution in [3.63, 3.8) is 0 Å². The molecule has 1 N–H and O–H groups in total. The van der Waals surface area contributed by atoms with Crippen LogP contribution in [-0.4, -0.2) is 42.9 Å². The van der Waals surface area contributed by atoms with Crippen LogP contribution in [0.1, 0.15) is 35.1 Å². The molecule has 3 aromatic rings. The van der Waals surface area contributed by atoms with Gasteiger partial charge in [0.1, 0.15) is 5.60 Å². The van der Waals surface area contributed by atoms with Crippen LogP contribution in [0.4, 0.5) is 0 Å². The number of nitrogens with zero attached hydrogens (tertiary/aromatic N) is 1. The minimum Gasteiger partial charge on any atom is -0.380 e. The van der Waals surface area contributed by atoms with E-state index in [0.29, 0.717) is 0 Å². The average Bonchev–Trinajstić information content (AvgIpc) is 2.84. The van der Waals surface area contributed by atoms with E-state index in [1.54, 1.807) is 0 Å². The van der Waals surface area contributed by atoms with E-state index >= 15 is 0 Å². The molecule has 2 atom stereocenters. The van der Waals surface area contributed by atoms with Crippen LogP contribution < -0.4 is 0 Å². The van der Waals surface area contributed by atoms with E-state index in [1.165, 1.54) is 5.56 Å². The molecular formula is C27H31NO2. The van der Waals surface area contributed by atoms with Crippen molar-refractivity contribution in [2.75, 3.05) is 32.8 Å². The van der Waals surface area contributed by atoms with Gasteiger partial charge in [0.25, 0.3) is 0 Å². The first-order chi connectivity index (χ1) is 14.7. The molecule has 0 amide bonds. The van der Waals surface area contributed by atoms with Gasteiger partial charge in [0, 0.05) is 25.6 Å². The van der Waals surface area contributed by atoms with Gasteiger partial charge in [-0.3, -0.25) is 4.90 Å². The quantitative estimate of drug-likeness (QED) is 0.628. The molecule has 1 saturated heterocycles. The average molecular weight is 402 g/mol. The Bertz CT molecular complexity index is 905. The number of morpholine rings is 1. The van der Waals surface area contributed by atoms with E-state index < -0.39 is 5.60 Å². The van der Waals surface area contributed by atoms with Crippen LogP contribution in [-0.2, 0) is 16.8 Å². The van der Waals surface area contributed by atoms with Gasteiger partial charge in [-0.05, 0) is 28.7 Å². The molecule has 156 valence electrons. The molecule has 0 aliphatic carbocycles. The Morgan fingerprint density at radius 2 is 1.40 bits per heavy atom. The highest BCUT2D eigenvalue weighted by atomic mass is 16.5. The smallest absolute Gasteiger partial charge is 0.123 e. The molecule has 1 fully saturated rings. The second-order valence-electron chi connectivity index (χ2n) is 8.06. The topological polar surface area (TPSA) is 32.7 Å². The molecule has 3 aromatic carbocycles. The van der Waals surface area contributed by atoms with Crippen LogP contribution in [0.3, 0.4) is 0 Å². The fraction of sp³-hybridized carbons (Fsp3) is 0.333. The van der Waals surface area contributed by atoms with Gasteiger partial charge in [0.15, 0.2) is 0 Å². The van der Waals surface area contributed by atoms with Crippen molar-refractivity contribution < 1.29 is 9.84 Å². The van der Waals surface area contributed by atoms with Crippen LogP contribution in [0.25, 0.3) is 0 Å². The fourth-order valence-electron chi connectivity index (χ4n) is 4.46. The first kappa shape index (κ1) is 20.8. The molecule has 0 saturated carbocycles. The highest BCUT2D eigenvalue weighted by Crippen LogP contribution is 2.43. The third-order valence-electron chi connectivity index (χ3n) is 6.27.